The number of phosphoric ester groups is 1. The van der Waals surface area contributed by atoms with Crippen LogP contribution in [0.1, 0.15) is 34.1 Å². The van der Waals surface area contributed by atoms with Gasteiger partial charge in [0.2, 0.25) is 0 Å². The predicted molar refractivity (Wildman–Crippen MR) is 88.7 cm³/mol. The lowest BCUT2D eigenvalue weighted by molar-refractivity contribution is 0.0643. The van der Waals surface area contributed by atoms with Crippen LogP contribution in [0.15, 0.2) is 0 Å². The van der Waals surface area contributed by atoms with Crippen LogP contribution in [0.25, 0.3) is 0 Å². The topological polar surface area (TPSA) is 128 Å². The Bertz CT molecular complexity index is 523. The van der Waals surface area contributed by atoms with E-state index in [9.17, 15) is 21.7 Å². The third kappa shape index (κ3) is 11.6. The molecule has 0 aliphatic rings. The number of rotatable bonds is 14. The van der Waals surface area contributed by atoms with Gasteiger partial charge in [-0.1, -0.05) is 24.9 Å². The predicted octanol–water partition coefficient (Wildman–Crippen LogP) is 1.83. The van der Waals surface area contributed by atoms with Crippen molar-refractivity contribution in [1.82, 2.24) is 0 Å². The Morgan fingerprint density at radius 3 is 2.08 bits per heavy atom. The summed E-state index contributed by atoms with van der Waals surface area (Å²) in [5, 5.41) is 0. The molecule has 0 aromatic heterocycles. The summed E-state index contributed by atoms with van der Waals surface area (Å²) in [5.74, 6) is -0.644. The molecule has 12 heteroatoms. The van der Waals surface area contributed by atoms with E-state index < -0.39 is 40.2 Å². The molecule has 0 heterocycles. The first-order valence-corrected chi connectivity index (χ1v) is 11.7. The Labute approximate surface area is 146 Å². The minimum Gasteiger partial charge on any atom is -0.772 e. The van der Waals surface area contributed by atoms with E-state index in [4.69, 9.17) is 17.8 Å². The molecule has 0 aliphatic heterocycles. The van der Waals surface area contributed by atoms with Crippen LogP contribution in [0.3, 0.4) is 0 Å². The van der Waals surface area contributed by atoms with Crippen LogP contribution in [-0.2, 0) is 43.5 Å². The summed E-state index contributed by atoms with van der Waals surface area (Å²) in [6.45, 7) is 6.58. The number of hydrogen-bond acceptors (Lipinski definition) is 9. The van der Waals surface area contributed by atoms with Gasteiger partial charge in [-0.2, -0.15) is 8.42 Å². The van der Waals surface area contributed by atoms with Crippen LogP contribution < -0.4 is 0 Å². The van der Waals surface area contributed by atoms with Gasteiger partial charge in [0.25, 0.3) is 10.1 Å². The Kier molecular flexibility index (Phi) is 11.0. The van der Waals surface area contributed by atoms with Gasteiger partial charge in [0, 0.05) is 11.2 Å². The third-order valence-corrected chi connectivity index (χ3v) is 6.00. The third-order valence-electron chi connectivity index (χ3n) is 2.52. The quantitative estimate of drug-likeness (QED) is 0.240. The summed E-state index contributed by atoms with van der Waals surface area (Å²) in [6, 6.07) is 0. The van der Waals surface area contributed by atoms with E-state index in [1.807, 2.05) is 0 Å². The minimum atomic E-state index is -3.85. The van der Waals surface area contributed by atoms with Crippen LogP contribution in [0.2, 0.25) is 0 Å². The highest BCUT2D eigenvalue weighted by Crippen LogP contribution is 2.50. The lowest BCUT2D eigenvalue weighted by atomic mass is 9.97. The Balaban J connectivity index is 4.47. The molecule has 0 fully saturated rings. The standard InChI is InChI=1S/C12H27O9PS2/c1-5-18-22(13,19-6-2)20-10-12(3,4)11-21-24(16,17)9-7-8-23(14)15/h5-11H2,1-4H3,(H,14,15)/p-1. The molecule has 0 aliphatic carbocycles. The van der Waals surface area contributed by atoms with Crippen molar-refractivity contribution in [1.29, 1.82) is 0 Å². The van der Waals surface area contributed by atoms with E-state index in [2.05, 4.69) is 0 Å². The number of phosphoric acid groups is 1. The molecule has 146 valence electrons. The molecule has 0 saturated heterocycles. The second kappa shape index (κ2) is 11.0. The summed E-state index contributed by atoms with van der Waals surface area (Å²) < 4.78 is 76.4. The van der Waals surface area contributed by atoms with E-state index >= 15 is 0 Å². The average molecular weight is 409 g/mol. The zero-order chi connectivity index (χ0) is 18.9. The highest BCUT2D eigenvalue weighted by molar-refractivity contribution is 7.86. The maximum atomic E-state index is 12.2. The molecule has 1 unspecified atom stereocenters. The van der Waals surface area contributed by atoms with E-state index in [0.717, 1.165) is 0 Å². The van der Waals surface area contributed by atoms with Crippen molar-refractivity contribution in [3.8, 4) is 0 Å². The van der Waals surface area contributed by atoms with Crippen molar-refractivity contribution >= 4 is 29.0 Å². The van der Waals surface area contributed by atoms with Crippen molar-refractivity contribution < 1.29 is 39.5 Å². The summed E-state index contributed by atoms with van der Waals surface area (Å²) in [4.78, 5) is 0. The maximum absolute atomic E-state index is 12.2. The van der Waals surface area contributed by atoms with E-state index in [0.29, 0.717) is 0 Å². The maximum Gasteiger partial charge on any atom is 0.474 e. The van der Waals surface area contributed by atoms with Crippen LogP contribution in [0.4, 0.5) is 0 Å². The summed E-state index contributed by atoms with van der Waals surface area (Å²) in [5.41, 5.74) is -0.779. The van der Waals surface area contributed by atoms with E-state index in [1.165, 1.54) is 0 Å². The van der Waals surface area contributed by atoms with Gasteiger partial charge in [-0.25, -0.2) is 4.57 Å². The van der Waals surface area contributed by atoms with Crippen molar-refractivity contribution in [3.63, 3.8) is 0 Å². The molecule has 0 amide bonds. The van der Waals surface area contributed by atoms with Gasteiger partial charge < -0.3 is 4.55 Å². The smallest absolute Gasteiger partial charge is 0.474 e. The van der Waals surface area contributed by atoms with Gasteiger partial charge in [0.05, 0.1) is 32.2 Å². The van der Waals surface area contributed by atoms with E-state index in [1.54, 1.807) is 27.7 Å². The van der Waals surface area contributed by atoms with Crippen molar-refractivity contribution in [3.05, 3.63) is 0 Å². The van der Waals surface area contributed by atoms with Gasteiger partial charge in [0.1, 0.15) is 0 Å². The van der Waals surface area contributed by atoms with Crippen molar-refractivity contribution in [2.45, 2.75) is 34.1 Å². The fourth-order valence-corrected chi connectivity index (χ4v) is 4.43. The molecule has 0 aromatic carbocycles. The van der Waals surface area contributed by atoms with Gasteiger partial charge in [-0.05, 0) is 20.3 Å². The minimum absolute atomic E-state index is 0.0424. The monoisotopic (exact) mass is 409 g/mol. The zero-order valence-corrected chi connectivity index (χ0v) is 16.9. The molecule has 0 aromatic rings. The Morgan fingerprint density at radius 2 is 1.62 bits per heavy atom. The van der Waals surface area contributed by atoms with Crippen LogP contribution >= 0.6 is 7.82 Å². The lowest BCUT2D eigenvalue weighted by Gasteiger charge is -2.26. The molecule has 24 heavy (non-hydrogen) atoms. The van der Waals surface area contributed by atoms with Gasteiger partial charge in [-0.3, -0.25) is 22.0 Å². The second-order valence-corrected chi connectivity index (χ2v) is 10.0. The van der Waals surface area contributed by atoms with Gasteiger partial charge in [0.15, 0.2) is 0 Å². The first-order chi connectivity index (χ1) is 11.0. The zero-order valence-electron chi connectivity index (χ0n) is 14.4. The molecule has 0 N–H and O–H groups in total. The van der Waals surface area contributed by atoms with Crippen LogP contribution in [0, 0.1) is 5.41 Å². The first-order valence-electron chi connectivity index (χ1n) is 7.42. The molecule has 0 radical (unpaired) electrons. The van der Waals surface area contributed by atoms with E-state index in [-0.39, 0.29) is 38.6 Å². The molecule has 9 nitrogen and oxygen atoms in total. The molecule has 0 rings (SSSR count). The fraction of sp³-hybridized carbons (Fsp3) is 1.00. The van der Waals surface area contributed by atoms with Gasteiger partial charge in [-0.15, -0.1) is 0 Å². The molecule has 0 saturated carbocycles. The SMILES string of the molecule is CCOP(=O)(OCC)OCC(C)(C)COS(=O)(=O)CCCS(=O)[O-]. The molecule has 1 atom stereocenters. The number of hydrogen-bond donors (Lipinski definition) is 0. The second-order valence-electron chi connectivity index (χ2n) is 5.61. The van der Waals surface area contributed by atoms with Crippen LogP contribution in [-0.4, -0.2) is 55.1 Å². The average Bonchev–Trinajstić information content (AvgIpc) is 2.44. The summed E-state index contributed by atoms with van der Waals surface area (Å²) in [6.07, 6.45) is -0.0424. The molecule has 0 bridgehead atoms. The molecular formula is C12H26O9PS2-. The fourth-order valence-electron chi connectivity index (χ4n) is 1.39. The molecular weight excluding hydrogens is 383 g/mol. The van der Waals surface area contributed by atoms with Crippen molar-refractivity contribution in [2.75, 3.05) is 37.9 Å². The van der Waals surface area contributed by atoms with Crippen molar-refractivity contribution in [2.24, 2.45) is 5.41 Å². The van der Waals surface area contributed by atoms with Crippen LogP contribution in [0.5, 0.6) is 0 Å². The Hall–Kier alpha value is 0.130. The highest BCUT2D eigenvalue weighted by Gasteiger charge is 2.31. The lowest BCUT2D eigenvalue weighted by Crippen LogP contribution is -2.28. The summed E-state index contributed by atoms with van der Waals surface area (Å²) in [7, 11) is -7.53. The largest absolute Gasteiger partial charge is 0.772 e. The highest BCUT2D eigenvalue weighted by atomic mass is 32.2. The Morgan fingerprint density at radius 1 is 1.08 bits per heavy atom. The normalized spacial score (nSPS) is 14.7. The first kappa shape index (κ1) is 24.1. The molecule has 0 spiro atoms. The summed E-state index contributed by atoms with van der Waals surface area (Å²) >= 11 is -2.29. The van der Waals surface area contributed by atoms with Gasteiger partial charge >= 0.3 is 7.82 Å².